The van der Waals surface area contributed by atoms with Crippen LogP contribution in [0.5, 0.6) is 5.75 Å². The van der Waals surface area contributed by atoms with E-state index in [2.05, 4.69) is 42.7 Å². The molecule has 1 fully saturated rings. The third-order valence-electron chi connectivity index (χ3n) is 5.71. The molecule has 0 aliphatic carbocycles. The van der Waals surface area contributed by atoms with Crippen LogP contribution >= 0.6 is 11.8 Å². The van der Waals surface area contributed by atoms with Gasteiger partial charge >= 0.3 is 0 Å². The summed E-state index contributed by atoms with van der Waals surface area (Å²) in [5, 5.41) is -0.263. The standard InChI is InChI=1S/C26H26N2O3S/c1-17-10-11-22(14-18(17)2)28-19(3)15-21(20(28)4)16-24-25(29)27(26(30)32-24)12-13-31-23-8-6-5-7-9-23/h5-11,14-16H,12-13H2,1-4H3/b24-16-. The lowest BCUT2D eigenvalue weighted by atomic mass is 10.1. The van der Waals surface area contributed by atoms with Crippen LogP contribution in [0.2, 0.25) is 0 Å². The SMILES string of the molecule is Cc1ccc(-n2c(C)cc(/C=C3\SC(=O)N(CCOc4ccccc4)C3=O)c2C)cc1C. The lowest BCUT2D eigenvalue weighted by Gasteiger charge is -2.13. The number of rotatable bonds is 6. The predicted octanol–water partition coefficient (Wildman–Crippen LogP) is 5.83. The number of benzene rings is 2. The van der Waals surface area contributed by atoms with E-state index >= 15 is 0 Å². The van der Waals surface area contributed by atoms with Gasteiger partial charge in [0, 0.05) is 17.1 Å². The Kier molecular flexibility index (Phi) is 6.24. The molecule has 1 aromatic heterocycles. The van der Waals surface area contributed by atoms with Gasteiger partial charge in [-0.25, -0.2) is 0 Å². The fourth-order valence-electron chi connectivity index (χ4n) is 3.80. The Bertz CT molecular complexity index is 1210. The minimum absolute atomic E-state index is 0.221. The normalized spacial score (nSPS) is 15.1. The van der Waals surface area contributed by atoms with Crippen molar-refractivity contribution in [3.63, 3.8) is 0 Å². The summed E-state index contributed by atoms with van der Waals surface area (Å²) in [6.45, 7) is 8.76. The Morgan fingerprint density at radius 2 is 1.69 bits per heavy atom. The van der Waals surface area contributed by atoms with Crippen molar-refractivity contribution in [1.82, 2.24) is 9.47 Å². The first-order chi connectivity index (χ1) is 15.3. The van der Waals surface area contributed by atoms with E-state index in [1.54, 1.807) is 0 Å². The number of aromatic nitrogens is 1. The first-order valence-corrected chi connectivity index (χ1v) is 11.4. The van der Waals surface area contributed by atoms with Crippen LogP contribution in [0.25, 0.3) is 11.8 Å². The largest absolute Gasteiger partial charge is 0.492 e. The molecule has 2 heterocycles. The molecule has 0 atom stereocenters. The molecule has 164 valence electrons. The number of ether oxygens (including phenoxy) is 1. The maximum absolute atomic E-state index is 12.9. The van der Waals surface area contributed by atoms with Gasteiger partial charge in [-0.1, -0.05) is 24.3 Å². The Morgan fingerprint density at radius 1 is 0.938 bits per heavy atom. The summed E-state index contributed by atoms with van der Waals surface area (Å²) < 4.78 is 7.82. The number of hydrogen-bond donors (Lipinski definition) is 0. The zero-order chi connectivity index (χ0) is 22.8. The smallest absolute Gasteiger partial charge is 0.293 e. The lowest BCUT2D eigenvalue weighted by molar-refractivity contribution is -0.123. The number of imide groups is 1. The molecule has 32 heavy (non-hydrogen) atoms. The third-order valence-corrected chi connectivity index (χ3v) is 6.61. The van der Waals surface area contributed by atoms with Gasteiger partial charge in [-0.2, -0.15) is 0 Å². The van der Waals surface area contributed by atoms with E-state index < -0.39 is 0 Å². The Hall–Kier alpha value is -3.25. The number of amides is 2. The molecule has 0 bridgehead atoms. The molecular weight excluding hydrogens is 420 g/mol. The monoisotopic (exact) mass is 446 g/mol. The zero-order valence-electron chi connectivity index (χ0n) is 18.7. The fourth-order valence-corrected chi connectivity index (χ4v) is 4.66. The van der Waals surface area contributed by atoms with Crippen molar-refractivity contribution in [3.8, 4) is 11.4 Å². The van der Waals surface area contributed by atoms with E-state index in [4.69, 9.17) is 4.74 Å². The molecule has 0 unspecified atom stereocenters. The number of para-hydroxylation sites is 1. The van der Waals surface area contributed by atoms with Crippen molar-refractivity contribution in [1.29, 1.82) is 0 Å². The van der Waals surface area contributed by atoms with Crippen molar-refractivity contribution in [2.45, 2.75) is 27.7 Å². The van der Waals surface area contributed by atoms with E-state index in [1.165, 1.54) is 16.0 Å². The minimum atomic E-state index is -0.271. The molecule has 1 saturated heterocycles. The highest BCUT2D eigenvalue weighted by molar-refractivity contribution is 8.18. The molecule has 0 N–H and O–H groups in total. The number of carbonyl (C=O) groups excluding carboxylic acids is 2. The van der Waals surface area contributed by atoms with Crippen LogP contribution in [0.4, 0.5) is 4.79 Å². The summed E-state index contributed by atoms with van der Waals surface area (Å²) in [7, 11) is 0. The molecule has 6 heteroatoms. The maximum Gasteiger partial charge on any atom is 0.293 e. The highest BCUT2D eigenvalue weighted by Crippen LogP contribution is 2.33. The molecule has 1 aliphatic heterocycles. The molecule has 0 saturated carbocycles. The van der Waals surface area contributed by atoms with E-state index in [0.29, 0.717) is 10.7 Å². The van der Waals surface area contributed by atoms with Crippen molar-refractivity contribution in [2.24, 2.45) is 0 Å². The van der Waals surface area contributed by atoms with Crippen LogP contribution in [0, 0.1) is 27.7 Å². The van der Waals surface area contributed by atoms with Gasteiger partial charge in [0.1, 0.15) is 12.4 Å². The number of carbonyl (C=O) groups is 2. The highest BCUT2D eigenvalue weighted by atomic mass is 32.2. The first-order valence-electron chi connectivity index (χ1n) is 10.5. The third kappa shape index (κ3) is 4.36. The maximum atomic E-state index is 12.9. The van der Waals surface area contributed by atoms with Crippen LogP contribution in [-0.4, -0.2) is 33.8 Å². The molecule has 2 aromatic carbocycles. The second kappa shape index (κ2) is 9.09. The number of thioether (sulfide) groups is 1. The van der Waals surface area contributed by atoms with Crippen molar-refractivity contribution in [3.05, 3.63) is 87.6 Å². The fraction of sp³-hybridized carbons (Fsp3) is 0.231. The van der Waals surface area contributed by atoms with Crippen molar-refractivity contribution >= 4 is 29.0 Å². The van der Waals surface area contributed by atoms with Gasteiger partial charge < -0.3 is 9.30 Å². The molecule has 3 aromatic rings. The first kappa shape index (κ1) is 22.0. The molecule has 4 rings (SSSR count). The Balaban J connectivity index is 1.52. The van der Waals surface area contributed by atoms with Crippen molar-refractivity contribution < 1.29 is 14.3 Å². The van der Waals surface area contributed by atoms with Crippen LogP contribution < -0.4 is 4.74 Å². The Morgan fingerprint density at radius 3 is 2.41 bits per heavy atom. The minimum Gasteiger partial charge on any atom is -0.492 e. The second-order valence-electron chi connectivity index (χ2n) is 7.93. The molecule has 1 aliphatic rings. The van der Waals surface area contributed by atoms with Gasteiger partial charge in [-0.05, 0) is 92.6 Å². The van der Waals surface area contributed by atoms with Crippen LogP contribution in [0.3, 0.4) is 0 Å². The van der Waals surface area contributed by atoms with E-state index in [1.807, 2.05) is 50.3 Å². The van der Waals surface area contributed by atoms with Gasteiger partial charge in [0.2, 0.25) is 0 Å². The van der Waals surface area contributed by atoms with Gasteiger partial charge in [0.05, 0.1) is 11.4 Å². The van der Waals surface area contributed by atoms with E-state index in [-0.39, 0.29) is 24.3 Å². The summed E-state index contributed by atoms with van der Waals surface area (Å²) in [4.78, 5) is 27.0. The van der Waals surface area contributed by atoms with E-state index in [0.717, 1.165) is 34.4 Å². The summed E-state index contributed by atoms with van der Waals surface area (Å²) in [5.74, 6) is 0.446. The van der Waals surface area contributed by atoms with Gasteiger partial charge in [-0.15, -0.1) is 0 Å². The van der Waals surface area contributed by atoms with Crippen molar-refractivity contribution in [2.75, 3.05) is 13.2 Å². The molecule has 2 amide bonds. The molecule has 0 radical (unpaired) electrons. The average molecular weight is 447 g/mol. The van der Waals surface area contributed by atoms with Crippen LogP contribution in [0.15, 0.2) is 59.5 Å². The van der Waals surface area contributed by atoms with E-state index in [9.17, 15) is 9.59 Å². The molecule has 5 nitrogen and oxygen atoms in total. The van der Waals surface area contributed by atoms with Gasteiger partial charge in [0.15, 0.2) is 0 Å². The molecule has 0 spiro atoms. The number of nitrogens with zero attached hydrogens (tertiary/aromatic N) is 2. The zero-order valence-corrected chi connectivity index (χ0v) is 19.5. The quantitative estimate of drug-likeness (QED) is 0.447. The summed E-state index contributed by atoms with van der Waals surface area (Å²) in [6, 6.07) is 17.8. The highest BCUT2D eigenvalue weighted by Gasteiger charge is 2.35. The van der Waals surface area contributed by atoms with Gasteiger partial charge in [-0.3, -0.25) is 14.5 Å². The van der Waals surface area contributed by atoms with Gasteiger partial charge in [0.25, 0.3) is 11.1 Å². The second-order valence-corrected chi connectivity index (χ2v) is 8.92. The van der Waals surface area contributed by atoms with Crippen LogP contribution in [-0.2, 0) is 4.79 Å². The summed E-state index contributed by atoms with van der Waals surface area (Å²) in [6.07, 6.45) is 1.82. The average Bonchev–Trinajstić information content (AvgIpc) is 3.20. The summed E-state index contributed by atoms with van der Waals surface area (Å²) in [5.41, 5.74) is 6.62. The predicted molar refractivity (Wildman–Crippen MR) is 129 cm³/mol. The number of hydrogen-bond acceptors (Lipinski definition) is 4. The van der Waals surface area contributed by atoms with Crippen LogP contribution in [0.1, 0.15) is 28.1 Å². The Labute approximate surface area is 192 Å². The molecular formula is C26H26N2O3S. The summed E-state index contributed by atoms with van der Waals surface area (Å²) >= 11 is 0.981. The number of aryl methyl sites for hydroxylation is 3. The topological polar surface area (TPSA) is 51.5 Å². The lowest BCUT2D eigenvalue weighted by Crippen LogP contribution is -2.32.